The van der Waals surface area contributed by atoms with Gasteiger partial charge in [0, 0.05) is 49.9 Å². The lowest BCUT2D eigenvalue weighted by Gasteiger charge is -2.28. The first kappa shape index (κ1) is 13.4. The molecule has 0 aromatic rings. The fourth-order valence-electron chi connectivity index (χ4n) is 6.65. The number of likely N-dealkylation sites (tertiary alicyclic amines) is 2. The van der Waals surface area contributed by atoms with Crippen molar-refractivity contribution in [3.8, 4) is 0 Å². The normalized spacial score (nSPS) is 55.8. The summed E-state index contributed by atoms with van der Waals surface area (Å²) < 4.78 is 0. The fourth-order valence-corrected chi connectivity index (χ4v) is 6.65. The summed E-state index contributed by atoms with van der Waals surface area (Å²) in [5, 5.41) is 8.62. The van der Waals surface area contributed by atoms with E-state index < -0.39 is 0 Å². The summed E-state index contributed by atoms with van der Waals surface area (Å²) in [5.41, 5.74) is 2.64. The number of amides is 2. The molecule has 0 N–H and O–H groups in total. The Kier molecular flexibility index (Phi) is 2.08. The van der Waals surface area contributed by atoms with Crippen LogP contribution in [0.1, 0.15) is 12.8 Å². The van der Waals surface area contributed by atoms with E-state index in [0.29, 0.717) is 59.6 Å². The zero-order chi connectivity index (χ0) is 16.7. The monoisotopic (exact) mass is 354 g/mol. The first-order chi connectivity index (χ1) is 12.8. The van der Waals surface area contributed by atoms with Crippen LogP contribution in [0.4, 0.5) is 4.79 Å². The molecule has 0 spiro atoms. The van der Waals surface area contributed by atoms with Crippen molar-refractivity contribution in [1.29, 1.82) is 0 Å². The maximum Gasteiger partial charge on any atom is 0.320 e. The topological polar surface area (TPSA) is 66.7 Å². The maximum atomic E-state index is 12.9. The van der Waals surface area contributed by atoms with Gasteiger partial charge in [-0.25, -0.2) is 4.79 Å². The van der Waals surface area contributed by atoms with Crippen LogP contribution in [0.2, 0.25) is 0 Å². The van der Waals surface area contributed by atoms with Gasteiger partial charge in [0.2, 0.25) is 0 Å². The highest BCUT2D eigenvalue weighted by Gasteiger charge is 2.67. The van der Waals surface area contributed by atoms with Gasteiger partial charge in [0.25, 0.3) is 0 Å². The molecule has 0 radical (unpaired) electrons. The largest absolute Gasteiger partial charge is 0.392 e. The van der Waals surface area contributed by atoms with Crippen molar-refractivity contribution in [2.45, 2.75) is 25.0 Å². The summed E-state index contributed by atoms with van der Waals surface area (Å²) in [6.45, 7) is 3.68. The zero-order valence-corrected chi connectivity index (χ0v) is 14.5. The van der Waals surface area contributed by atoms with E-state index in [-0.39, 0.29) is 6.03 Å². The second kappa shape index (κ2) is 4.04. The molecule has 4 aliphatic carbocycles. The first-order valence-electron chi connectivity index (χ1n) is 10.3. The Hall–Kier alpha value is -1.79. The van der Waals surface area contributed by atoms with E-state index >= 15 is 0 Å². The van der Waals surface area contributed by atoms with Crippen LogP contribution in [0.25, 0.3) is 0 Å². The average Bonchev–Trinajstić information content (AvgIpc) is 3.66. The number of carbonyl (C=O) groups is 1. The molecule has 4 saturated carbocycles. The summed E-state index contributed by atoms with van der Waals surface area (Å²) in [4.78, 5) is 28.0. The van der Waals surface area contributed by atoms with Crippen LogP contribution in [-0.4, -0.2) is 65.6 Å². The summed E-state index contributed by atoms with van der Waals surface area (Å²) in [6, 6.07) is 0.268. The number of carbonyl (C=O) groups excluding carboxylic acids is 1. The van der Waals surface area contributed by atoms with Crippen LogP contribution in [-0.2, 0) is 9.68 Å². The lowest BCUT2D eigenvalue weighted by molar-refractivity contribution is 0.139. The molecule has 0 aromatic carbocycles. The molecule has 10 atom stereocenters. The Labute approximate surface area is 151 Å². The van der Waals surface area contributed by atoms with Crippen LogP contribution in [0.5, 0.6) is 0 Å². The molecule has 7 nitrogen and oxygen atoms in total. The van der Waals surface area contributed by atoms with Gasteiger partial charge in [-0.15, -0.1) is 0 Å². The number of oxime groups is 2. The van der Waals surface area contributed by atoms with Crippen LogP contribution in [0.3, 0.4) is 0 Å². The predicted molar refractivity (Wildman–Crippen MR) is 90.3 cm³/mol. The van der Waals surface area contributed by atoms with Crippen LogP contribution < -0.4 is 0 Å². The van der Waals surface area contributed by atoms with E-state index in [0.717, 1.165) is 26.2 Å². The molecule has 6 fully saturated rings. The van der Waals surface area contributed by atoms with Crippen molar-refractivity contribution in [1.82, 2.24) is 9.80 Å². The number of hydrogen-bond donors (Lipinski definition) is 0. The quantitative estimate of drug-likeness (QED) is 0.743. The second-order valence-electron chi connectivity index (χ2n) is 9.80. The van der Waals surface area contributed by atoms with E-state index in [1.54, 1.807) is 0 Å². The molecule has 8 aliphatic rings. The van der Waals surface area contributed by atoms with Gasteiger partial charge in [0.05, 0.1) is 11.4 Å². The minimum absolute atomic E-state index is 0.268. The smallest absolute Gasteiger partial charge is 0.320 e. The maximum absolute atomic E-state index is 12.9. The molecule has 136 valence electrons. The number of urea groups is 1. The molecule has 2 unspecified atom stereocenters. The van der Waals surface area contributed by atoms with Crippen molar-refractivity contribution < 1.29 is 14.5 Å². The van der Waals surface area contributed by atoms with E-state index in [1.165, 1.54) is 24.3 Å². The van der Waals surface area contributed by atoms with Gasteiger partial charge < -0.3 is 19.5 Å². The van der Waals surface area contributed by atoms with E-state index in [1.807, 2.05) is 0 Å². The number of nitrogens with zero attached hydrogens (tertiary/aromatic N) is 4. The van der Waals surface area contributed by atoms with Crippen molar-refractivity contribution >= 4 is 17.5 Å². The van der Waals surface area contributed by atoms with E-state index in [4.69, 9.17) is 9.68 Å². The zero-order valence-electron chi connectivity index (χ0n) is 14.5. The van der Waals surface area contributed by atoms with Gasteiger partial charge in [-0.05, 0) is 36.5 Å². The van der Waals surface area contributed by atoms with E-state index in [9.17, 15) is 4.79 Å². The standard InChI is InChI=1S/C19H22N4O3/c24-19(22-3-9-10(4-22)15(9)17-7-1-13(7)25-20-17)23-5-11-12(6-23)16(11)18-8-2-14(8)26-21-18/h7-16H,1-6H2/t7-,8-,9-,10+,11-,12+,13+,14+,15?,16?/m1/s1. The first-order valence-corrected chi connectivity index (χ1v) is 10.3. The van der Waals surface area contributed by atoms with Gasteiger partial charge in [-0.3, -0.25) is 0 Å². The molecule has 26 heavy (non-hydrogen) atoms. The Morgan fingerprint density at radius 1 is 0.769 bits per heavy atom. The molecular formula is C19H22N4O3. The summed E-state index contributed by atoms with van der Waals surface area (Å²) in [5.74, 6) is 5.02. The Morgan fingerprint density at radius 2 is 1.19 bits per heavy atom. The van der Waals surface area contributed by atoms with Gasteiger partial charge in [0.15, 0.2) is 0 Å². The molecule has 2 amide bonds. The average molecular weight is 354 g/mol. The van der Waals surface area contributed by atoms with Gasteiger partial charge in [0.1, 0.15) is 12.2 Å². The SMILES string of the molecule is O=C(N1C[C@@H]2C(C3=NO[C@H]4C[C@@H]34)[C@@H]2C1)N1C[C@@H]2C(C3=NO[C@H]4C[C@@H]34)[C@@H]2C1. The molecule has 0 bridgehead atoms. The van der Waals surface area contributed by atoms with Crippen LogP contribution in [0, 0.1) is 47.3 Å². The lowest BCUT2D eigenvalue weighted by Crippen LogP contribution is -2.44. The number of piperidine rings is 2. The third-order valence-electron chi connectivity index (χ3n) is 8.42. The highest BCUT2D eigenvalue weighted by molar-refractivity contribution is 5.96. The minimum atomic E-state index is 0.268. The van der Waals surface area contributed by atoms with Crippen molar-refractivity contribution in [3.63, 3.8) is 0 Å². The highest BCUT2D eigenvalue weighted by Crippen LogP contribution is 2.60. The fraction of sp³-hybridized carbons (Fsp3) is 0.842. The molecule has 4 aliphatic heterocycles. The lowest BCUT2D eigenvalue weighted by atomic mass is 10.1. The summed E-state index contributed by atoms with van der Waals surface area (Å²) >= 11 is 0. The second-order valence-corrected chi connectivity index (χ2v) is 9.80. The molecule has 8 rings (SSSR count). The van der Waals surface area contributed by atoms with E-state index in [2.05, 4.69) is 20.1 Å². The molecule has 2 saturated heterocycles. The molecular weight excluding hydrogens is 332 g/mol. The third-order valence-corrected chi connectivity index (χ3v) is 8.42. The molecule has 4 heterocycles. The summed E-state index contributed by atoms with van der Waals surface area (Å²) in [6.07, 6.45) is 3.14. The number of rotatable bonds is 2. The van der Waals surface area contributed by atoms with Crippen LogP contribution in [0.15, 0.2) is 10.3 Å². The Balaban J connectivity index is 0.898. The highest BCUT2D eigenvalue weighted by atomic mass is 16.7. The van der Waals surface area contributed by atoms with Crippen LogP contribution >= 0.6 is 0 Å². The van der Waals surface area contributed by atoms with Gasteiger partial charge in [-0.2, -0.15) is 0 Å². The predicted octanol–water partition coefficient (Wildman–Crippen LogP) is 1.01. The Morgan fingerprint density at radius 3 is 1.50 bits per heavy atom. The minimum Gasteiger partial charge on any atom is -0.392 e. The summed E-state index contributed by atoms with van der Waals surface area (Å²) in [7, 11) is 0. The molecule has 7 heteroatoms. The van der Waals surface area contributed by atoms with Crippen molar-refractivity contribution in [3.05, 3.63) is 0 Å². The Bertz CT molecular complexity index is 723. The van der Waals surface area contributed by atoms with Gasteiger partial charge in [-0.1, -0.05) is 10.3 Å². The van der Waals surface area contributed by atoms with Gasteiger partial charge >= 0.3 is 6.03 Å². The third kappa shape index (κ3) is 1.55. The van der Waals surface area contributed by atoms with Crippen molar-refractivity contribution in [2.24, 2.45) is 57.7 Å². The number of fused-ring (bicyclic) bond motifs is 4. The molecule has 0 aromatic heterocycles. The number of hydrogen-bond acceptors (Lipinski definition) is 5. The van der Waals surface area contributed by atoms with Crippen molar-refractivity contribution in [2.75, 3.05) is 26.2 Å².